The summed E-state index contributed by atoms with van der Waals surface area (Å²) in [4.78, 5) is 6.65. The van der Waals surface area contributed by atoms with Crippen LogP contribution < -0.4 is 0 Å². The summed E-state index contributed by atoms with van der Waals surface area (Å²) in [7, 11) is 0. The molecule has 1 N–H and O–H groups in total. The molecule has 3 rings (SSSR count). The summed E-state index contributed by atoms with van der Waals surface area (Å²) < 4.78 is 0. The Labute approximate surface area is 102 Å². The lowest BCUT2D eigenvalue weighted by atomic mass is 10.00. The SMILES string of the molecule is OC1CCC2CN(CCc3cccnc3)CC12. The monoisotopic (exact) mass is 232 g/mol. The highest BCUT2D eigenvalue weighted by atomic mass is 16.3. The normalized spacial score (nSPS) is 32.9. The number of aliphatic hydroxyl groups is 1. The topological polar surface area (TPSA) is 36.4 Å². The standard InChI is InChI=1S/C14H20N2O/c17-14-4-3-12-9-16(10-13(12)14)7-5-11-2-1-6-15-8-11/h1-2,6,8,12-14,17H,3-5,7,9-10H2. The molecule has 1 aliphatic heterocycles. The number of hydrogen-bond acceptors (Lipinski definition) is 3. The maximum atomic E-state index is 9.87. The van der Waals surface area contributed by atoms with Crippen molar-refractivity contribution in [2.45, 2.75) is 25.4 Å². The van der Waals surface area contributed by atoms with Crippen LogP contribution in [0.1, 0.15) is 18.4 Å². The molecule has 1 aromatic rings. The minimum atomic E-state index is -0.0385. The molecule has 0 aromatic carbocycles. The van der Waals surface area contributed by atoms with Gasteiger partial charge >= 0.3 is 0 Å². The van der Waals surface area contributed by atoms with E-state index in [0.717, 1.165) is 31.8 Å². The Morgan fingerprint density at radius 1 is 1.35 bits per heavy atom. The van der Waals surface area contributed by atoms with Gasteiger partial charge in [0.2, 0.25) is 0 Å². The predicted molar refractivity (Wildman–Crippen MR) is 66.6 cm³/mol. The molecule has 1 aromatic heterocycles. The van der Waals surface area contributed by atoms with Gasteiger partial charge in [-0.05, 0) is 36.8 Å². The Balaban J connectivity index is 1.52. The molecule has 92 valence electrons. The number of likely N-dealkylation sites (tertiary alicyclic amines) is 1. The molecule has 0 bridgehead atoms. The first-order valence-corrected chi connectivity index (χ1v) is 6.62. The summed E-state index contributed by atoms with van der Waals surface area (Å²) in [5, 5.41) is 9.87. The zero-order chi connectivity index (χ0) is 11.7. The van der Waals surface area contributed by atoms with E-state index in [2.05, 4.69) is 16.0 Å². The molecule has 2 aliphatic rings. The van der Waals surface area contributed by atoms with Crippen molar-refractivity contribution in [3.63, 3.8) is 0 Å². The molecule has 17 heavy (non-hydrogen) atoms. The maximum Gasteiger partial charge on any atom is 0.0583 e. The van der Waals surface area contributed by atoms with Gasteiger partial charge in [0.05, 0.1) is 6.10 Å². The fourth-order valence-corrected chi connectivity index (χ4v) is 3.34. The lowest BCUT2D eigenvalue weighted by Gasteiger charge is -2.17. The molecule has 3 heteroatoms. The minimum Gasteiger partial charge on any atom is -0.393 e. The van der Waals surface area contributed by atoms with Gasteiger partial charge in [0.15, 0.2) is 0 Å². The van der Waals surface area contributed by atoms with E-state index in [1.54, 1.807) is 0 Å². The number of fused-ring (bicyclic) bond motifs is 1. The second-order valence-electron chi connectivity index (χ2n) is 5.44. The first-order valence-electron chi connectivity index (χ1n) is 6.62. The van der Waals surface area contributed by atoms with E-state index in [-0.39, 0.29) is 6.10 Å². The molecule has 3 atom stereocenters. The Bertz CT molecular complexity index is 368. The van der Waals surface area contributed by atoms with Crippen molar-refractivity contribution in [1.82, 2.24) is 9.88 Å². The second-order valence-corrected chi connectivity index (χ2v) is 5.44. The first kappa shape index (κ1) is 11.2. The van der Waals surface area contributed by atoms with E-state index in [9.17, 15) is 5.11 Å². The molecule has 1 saturated carbocycles. The van der Waals surface area contributed by atoms with Crippen molar-refractivity contribution in [3.8, 4) is 0 Å². The van der Waals surface area contributed by atoms with Gasteiger partial charge in [0.25, 0.3) is 0 Å². The van der Waals surface area contributed by atoms with Crippen molar-refractivity contribution in [2.75, 3.05) is 19.6 Å². The molecular formula is C14H20N2O. The Morgan fingerprint density at radius 2 is 2.29 bits per heavy atom. The molecule has 0 spiro atoms. The van der Waals surface area contributed by atoms with Crippen molar-refractivity contribution >= 4 is 0 Å². The van der Waals surface area contributed by atoms with Crippen LogP contribution in [-0.4, -0.2) is 40.7 Å². The van der Waals surface area contributed by atoms with Gasteiger partial charge in [-0.25, -0.2) is 0 Å². The molecule has 3 unspecified atom stereocenters. The lowest BCUT2D eigenvalue weighted by Crippen LogP contribution is -2.26. The summed E-state index contributed by atoms with van der Waals surface area (Å²) in [5.74, 6) is 1.29. The van der Waals surface area contributed by atoms with Crippen LogP contribution in [0, 0.1) is 11.8 Å². The number of nitrogens with zero attached hydrogens (tertiary/aromatic N) is 2. The lowest BCUT2D eigenvalue weighted by molar-refractivity contribution is 0.124. The number of aromatic nitrogens is 1. The van der Waals surface area contributed by atoms with Gasteiger partial charge in [-0.15, -0.1) is 0 Å². The molecule has 1 aliphatic carbocycles. The highest BCUT2D eigenvalue weighted by Gasteiger charge is 2.41. The van der Waals surface area contributed by atoms with Crippen molar-refractivity contribution in [1.29, 1.82) is 0 Å². The third kappa shape index (κ3) is 2.35. The summed E-state index contributed by atoms with van der Waals surface area (Å²) in [6.45, 7) is 3.37. The zero-order valence-corrected chi connectivity index (χ0v) is 10.1. The zero-order valence-electron chi connectivity index (χ0n) is 10.1. The van der Waals surface area contributed by atoms with Crippen molar-refractivity contribution in [3.05, 3.63) is 30.1 Å². The third-order valence-corrected chi connectivity index (χ3v) is 4.33. The molecule has 0 radical (unpaired) electrons. The summed E-state index contributed by atoms with van der Waals surface area (Å²) >= 11 is 0. The van der Waals surface area contributed by atoms with E-state index in [1.807, 2.05) is 18.5 Å². The van der Waals surface area contributed by atoms with E-state index in [1.165, 1.54) is 18.5 Å². The van der Waals surface area contributed by atoms with Crippen LogP contribution in [0.2, 0.25) is 0 Å². The Hall–Kier alpha value is -0.930. The molecule has 2 fully saturated rings. The molecule has 1 saturated heterocycles. The first-order chi connectivity index (χ1) is 8.33. The number of pyridine rings is 1. The molecule has 2 heterocycles. The fraction of sp³-hybridized carbons (Fsp3) is 0.643. The van der Waals surface area contributed by atoms with Gasteiger partial charge in [0, 0.05) is 37.9 Å². The van der Waals surface area contributed by atoms with Gasteiger partial charge in [-0.3, -0.25) is 4.98 Å². The average Bonchev–Trinajstić information content (AvgIpc) is 2.91. The van der Waals surface area contributed by atoms with E-state index in [4.69, 9.17) is 0 Å². The van der Waals surface area contributed by atoms with Crippen LogP contribution in [0.25, 0.3) is 0 Å². The van der Waals surface area contributed by atoms with Gasteiger partial charge < -0.3 is 10.0 Å². The Kier molecular flexibility index (Phi) is 3.12. The minimum absolute atomic E-state index is 0.0385. The van der Waals surface area contributed by atoms with Crippen LogP contribution in [-0.2, 0) is 6.42 Å². The second kappa shape index (κ2) is 4.75. The maximum absolute atomic E-state index is 9.87. The summed E-state index contributed by atoms with van der Waals surface area (Å²) in [5.41, 5.74) is 1.31. The number of aliphatic hydroxyl groups excluding tert-OH is 1. The molecular weight excluding hydrogens is 212 g/mol. The number of rotatable bonds is 3. The van der Waals surface area contributed by atoms with E-state index in [0.29, 0.717) is 5.92 Å². The molecule has 3 nitrogen and oxygen atoms in total. The van der Waals surface area contributed by atoms with E-state index < -0.39 is 0 Å². The van der Waals surface area contributed by atoms with E-state index >= 15 is 0 Å². The van der Waals surface area contributed by atoms with Gasteiger partial charge in [-0.2, -0.15) is 0 Å². The summed E-state index contributed by atoms with van der Waals surface area (Å²) in [6.07, 6.45) is 7.04. The van der Waals surface area contributed by atoms with Crippen LogP contribution in [0.5, 0.6) is 0 Å². The third-order valence-electron chi connectivity index (χ3n) is 4.33. The van der Waals surface area contributed by atoms with Crippen LogP contribution >= 0.6 is 0 Å². The van der Waals surface area contributed by atoms with Crippen LogP contribution in [0.4, 0.5) is 0 Å². The number of hydrogen-bond donors (Lipinski definition) is 1. The van der Waals surface area contributed by atoms with Crippen molar-refractivity contribution < 1.29 is 5.11 Å². The predicted octanol–water partition coefficient (Wildman–Crippen LogP) is 1.33. The summed E-state index contributed by atoms with van der Waals surface area (Å²) in [6, 6.07) is 4.14. The molecule has 0 amide bonds. The fourth-order valence-electron chi connectivity index (χ4n) is 3.34. The van der Waals surface area contributed by atoms with Crippen LogP contribution in [0.3, 0.4) is 0 Å². The quantitative estimate of drug-likeness (QED) is 0.854. The largest absolute Gasteiger partial charge is 0.393 e. The van der Waals surface area contributed by atoms with Gasteiger partial charge in [0.1, 0.15) is 0 Å². The highest BCUT2D eigenvalue weighted by molar-refractivity contribution is 5.09. The van der Waals surface area contributed by atoms with Crippen LogP contribution in [0.15, 0.2) is 24.5 Å². The highest BCUT2D eigenvalue weighted by Crippen LogP contribution is 2.37. The average molecular weight is 232 g/mol. The smallest absolute Gasteiger partial charge is 0.0583 e. The van der Waals surface area contributed by atoms with Gasteiger partial charge in [-0.1, -0.05) is 6.07 Å². The van der Waals surface area contributed by atoms with Crippen molar-refractivity contribution in [2.24, 2.45) is 11.8 Å². The Morgan fingerprint density at radius 3 is 3.06 bits per heavy atom.